The van der Waals surface area contributed by atoms with Crippen LogP contribution in [-0.2, 0) is 23.8 Å². The van der Waals surface area contributed by atoms with E-state index in [1.807, 2.05) is 4.90 Å². The normalized spacial score (nSPS) is 26.8. The van der Waals surface area contributed by atoms with Crippen molar-refractivity contribution in [2.45, 2.75) is 43.3 Å². The molecule has 2 bridgehead atoms. The van der Waals surface area contributed by atoms with Crippen molar-refractivity contribution in [3.8, 4) is 0 Å². The minimum atomic E-state index is -5.80. The van der Waals surface area contributed by atoms with Crippen molar-refractivity contribution in [1.29, 1.82) is 0 Å². The van der Waals surface area contributed by atoms with Crippen molar-refractivity contribution >= 4 is 16.1 Å². The van der Waals surface area contributed by atoms with E-state index in [9.17, 15) is 26.4 Å². The average Bonchev–Trinajstić information content (AvgIpc) is 2.38. The highest BCUT2D eigenvalue weighted by molar-refractivity contribution is 7.87. The van der Waals surface area contributed by atoms with Crippen molar-refractivity contribution in [2.24, 2.45) is 0 Å². The van der Waals surface area contributed by atoms with Gasteiger partial charge in [-0.2, -0.15) is 21.6 Å². The van der Waals surface area contributed by atoms with E-state index in [0.717, 1.165) is 13.5 Å². The number of rotatable bonds is 3. The average molecular weight is 343 g/mol. The molecule has 126 valence electrons. The molecule has 0 spiro atoms. The summed E-state index contributed by atoms with van der Waals surface area (Å²) in [6.07, 6.45) is 1.93. The van der Waals surface area contributed by atoms with Crippen LogP contribution in [0.15, 0.2) is 11.3 Å². The topological polar surface area (TPSA) is 72.9 Å². The van der Waals surface area contributed by atoms with Crippen LogP contribution >= 0.6 is 0 Å². The zero-order valence-corrected chi connectivity index (χ0v) is 12.8. The summed E-state index contributed by atoms with van der Waals surface area (Å²) in [6.45, 7) is 0. The molecule has 2 rings (SSSR count). The summed E-state index contributed by atoms with van der Waals surface area (Å²) in [5.74, 6) is -1.33. The number of carbonyl (C=O) groups is 1. The van der Waals surface area contributed by atoms with Crippen molar-refractivity contribution in [1.82, 2.24) is 4.90 Å². The molecular formula is C12H16F3NO5S. The number of esters is 1. The smallest absolute Gasteiger partial charge is 0.466 e. The van der Waals surface area contributed by atoms with Crippen LogP contribution in [-0.4, -0.2) is 51.0 Å². The van der Waals surface area contributed by atoms with Crippen molar-refractivity contribution < 1.29 is 35.3 Å². The van der Waals surface area contributed by atoms with Crippen molar-refractivity contribution in [3.63, 3.8) is 0 Å². The van der Waals surface area contributed by atoms with Crippen molar-refractivity contribution in [3.05, 3.63) is 11.3 Å². The lowest BCUT2D eigenvalue weighted by Gasteiger charge is -2.44. The molecule has 0 radical (unpaired) electrons. The molecule has 1 fully saturated rings. The molecule has 1 saturated heterocycles. The van der Waals surface area contributed by atoms with Crippen molar-refractivity contribution in [2.75, 3.05) is 14.2 Å². The largest absolute Gasteiger partial charge is 0.534 e. The van der Waals surface area contributed by atoms with Gasteiger partial charge in [0.1, 0.15) is 5.76 Å². The number of hydrogen-bond acceptors (Lipinski definition) is 6. The molecule has 0 amide bonds. The van der Waals surface area contributed by atoms with E-state index in [4.69, 9.17) is 0 Å². The Morgan fingerprint density at radius 2 is 1.95 bits per heavy atom. The SMILES string of the molecule is COC(=O)C1=C(OS(=O)(=O)C(F)(F)F)CC2CCCC1N2C. The Bertz CT molecular complexity index is 598. The number of halogens is 3. The number of methoxy groups -OCH3 is 1. The number of alkyl halides is 3. The quantitative estimate of drug-likeness (QED) is 0.440. The van der Waals surface area contributed by atoms with Gasteiger partial charge in [-0.1, -0.05) is 0 Å². The van der Waals surface area contributed by atoms with E-state index in [0.29, 0.717) is 12.8 Å². The van der Waals surface area contributed by atoms with Crippen LogP contribution in [0.5, 0.6) is 0 Å². The summed E-state index contributed by atoms with van der Waals surface area (Å²) >= 11 is 0. The standard InChI is InChI=1S/C12H16F3NO5S/c1-16-7-4-3-5-8(16)10(11(17)20-2)9(6-7)21-22(18,19)12(13,14)15/h7-8H,3-6H2,1-2H3. The highest BCUT2D eigenvalue weighted by Crippen LogP contribution is 2.39. The van der Waals surface area contributed by atoms with Gasteiger partial charge in [-0.25, -0.2) is 4.79 Å². The van der Waals surface area contributed by atoms with Crippen LogP contribution in [0.25, 0.3) is 0 Å². The first kappa shape index (κ1) is 17.1. The monoisotopic (exact) mass is 343 g/mol. The lowest BCUT2D eigenvalue weighted by molar-refractivity contribution is -0.137. The summed E-state index contributed by atoms with van der Waals surface area (Å²) < 4.78 is 68.8. The van der Waals surface area contributed by atoms with Crippen LogP contribution < -0.4 is 0 Å². The van der Waals surface area contributed by atoms with Gasteiger partial charge >= 0.3 is 21.6 Å². The molecule has 2 atom stereocenters. The maximum absolute atomic E-state index is 12.5. The highest BCUT2D eigenvalue weighted by atomic mass is 32.2. The second-order valence-electron chi connectivity index (χ2n) is 5.28. The molecule has 10 heteroatoms. The third-order valence-corrected chi connectivity index (χ3v) is 5.02. The van der Waals surface area contributed by atoms with Gasteiger partial charge in [0.25, 0.3) is 0 Å². The fourth-order valence-electron chi connectivity index (χ4n) is 2.93. The predicted octanol–water partition coefficient (Wildman–Crippen LogP) is 1.54. The van der Waals surface area contributed by atoms with E-state index >= 15 is 0 Å². The summed E-state index contributed by atoms with van der Waals surface area (Å²) in [4.78, 5) is 13.7. The van der Waals surface area contributed by atoms with E-state index in [2.05, 4.69) is 8.92 Å². The molecule has 0 aliphatic carbocycles. The van der Waals surface area contributed by atoms with E-state index in [-0.39, 0.29) is 18.0 Å². The number of piperidine rings is 1. The molecule has 0 N–H and O–H groups in total. The Morgan fingerprint density at radius 1 is 1.32 bits per heavy atom. The number of fused-ring (bicyclic) bond motifs is 2. The molecule has 0 saturated carbocycles. The molecule has 2 heterocycles. The molecule has 2 aliphatic heterocycles. The second kappa shape index (κ2) is 5.73. The molecule has 6 nitrogen and oxygen atoms in total. The predicted molar refractivity (Wildman–Crippen MR) is 68.9 cm³/mol. The fraction of sp³-hybridized carbons (Fsp3) is 0.750. The van der Waals surface area contributed by atoms with E-state index < -0.39 is 33.4 Å². The molecular weight excluding hydrogens is 327 g/mol. The summed E-state index contributed by atoms with van der Waals surface area (Å²) in [5.41, 5.74) is -5.69. The van der Waals surface area contributed by atoms with Gasteiger partial charge in [0, 0.05) is 18.5 Å². The second-order valence-corrected chi connectivity index (χ2v) is 6.82. The zero-order valence-electron chi connectivity index (χ0n) is 12.0. The summed E-state index contributed by atoms with van der Waals surface area (Å²) in [7, 11) is -2.98. The lowest BCUT2D eigenvalue weighted by Crippen LogP contribution is -2.50. The Labute approximate surface area is 126 Å². The van der Waals surface area contributed by atoms with Gasteiger partial charge in [-0.05, 0) is 26.3 Å². The molecule has 0 aromatic rings. The Morgan fingerprint density at radius 3 is 2.50 bits per heavy atom. The Hall–Kier alpha value is -1.29. The maximum atomic E-state index is 12.5. The molecule has 2 unspecified atom stereocenters. The molecule has 0 aromatic heterocycles. The maximum Gasteiger partial charge on any atom is 0.534 e. The molecule has 2 aliphatic rings. The number of ether oxygens (including phenoxy) is 1. The summed E-state index contributed by atoms with van der Waals surface area (Å²) in [6, 6.07) is -0.663. The van der Waals surface area contributed by atoms with E-state index in [1.54, 1.807) is 7.05 Å². The van der Waals surface area contributed by atoms with Gasteiger partial charge < -0.3 is 8.92 Å². The van der Waals surface area contributed by atoms with Gasteiger partial charge in [-0.15, -0.1) is 0 Å². The zero-order chi connectivity index (χ0) is 16.7. The molecule has 22 heavy (non-hydrogen) atoms. The first-order valence-corrected chi connectivity index (χ1v) is 8.03. The number of carbonyl (C=O) groups excluding carboxylic acids is 1. The minimum absolute atomic E-state index is 0.0766. The van der Waals surface area contributed by atoms with Gasteiger partial charge in [0.2, 0.25) is 0 Å². The van der Waals surface area contributed by atoms with Crippen LogP contribution in [0.3, 0.4) is 0 Å². The van der Waals surface area contributed by atoms with Gasteiger partial charge in [-0.3, -0.25) is 4.90 Å². The number of nitrogens with zero attached hydrogens (tertiary/aromatic N) is 1. The first-order chi connectivity index (χ1) is 10.1. The highest BCUT2D eigenvalue weighted by Gasteiger charge is 2.51. The van der Waals surface area contributed by atoms with Crippen LogP contribution in [0.2, 0.25) is 0 Å². The van der Waals surface area contributed by atoms with Crippen LogP contribution in [0.1, 0.15) is 25.7 Å². The lowest BCUT2D eigenvalue weighted by atomic mass is 9.83. The van der Waals surface area contributed by atoms with Crippen LogP contribution in [0, 0.1) is 0 Å². The van der Waals surface area contributed by atoms with Gasteiger partial charge in [0.05, 0.1) is 12.7 Å². The molecule has 0 aromatic carbocycles. The summed E-state index contributed by atoms with van der Waals surface area (Å²) in [5, 5.41) is 0. The third-order valence-electron chi connectivity index (χ3n) is 4.04. The Balaban J connectivity index is 2.46. The van der Waals surface area contributed by atoms with Crippen LogP contribution in [0.4, 0.5) is 13.2 Å². The Kier molecular flexibility index (Phi) is 4.44. The van der Waals surface area contributed by atoms with Gasteiger partial charge in [0.15, 0.2) is 0 Å². The third kappa shape index (κ3) is 2.94. The number of hydrogen-bond donors (Lipinski definition) is 0. The first-order valence-electron chi connectivity index (χ1n) is 6.62. The minimum Gasteiger partial charge on any atom is -0.466 e. The fourth-order valence-corrected chi connectivity index (χ4v) is 3.45. The number of likely N-dealkylation sites (N-methyl/N-ethyl adjacent to an activating group) is 1. The van der Waals surface area contributed by atoms with E-state index in [1.165, 1.54) is 0 Å².